The van der Waals surface area contributed by atoms with Gasteiger partial charge in [-0.3, -0.25) is 0 Å². The molecule has 0 spiro atoms. The van der Waals surface area contributed by atoms with Crippen LogP contribution in [0.15, 0.2) is 224 Å². The third kappa shape index (κ3) is 5.51. The van der Waals surface area contributed by atoms with Crippen LogP contribution in [0.2, 0.25) is 0 Å². The molecule has 2 aromatic heterocycles. The van der Waals surface area contributed by atoms with Crippen LogP contribution < -0.4 is 4.90 Å². The molecule has 0 saturated heterocycles. The van der Waals surface area contributed by atoms with Gasteiger partial charge in [0.15, 0.2) is 0 Å². The van der Waals surface area contributed by atoms with E-state index in [1.807, 2.05) is 0 Å². The monoisotopic (exact) mass is 727 g/mol. The van der Waals surface area contributed by atoms with Gasteiger partial charge in [-0.2, -0.15) is 0 Å². The molecule has 3 nitrogen and oxygen atoms in total. The van der Waals surface area contributed by atoms with Crippen LogP contribution in [-0.2, 0) is 0 Å². The van der Waals surface area contributed by atoms with Gasteiger partial charge in [-0.15, -0.1) is 0 Å². The second kappa shape index (κ2) is 13.6. The zero-order valence-electron chi connectivity index (χ0n) is 31.2. The highest BCUT2D eigenvalue weighted by molar-refractivity contribution is 6.17. The van der Waals surface area contributed by atoms with Gasteiger partial charge in [0, 0.05) is 44.3 Å². The van der Waals surface area contributed by atoms with Crippen LogP contribution in [0.3, 0.4) is 0 Å². The van der Waals surface area contributed by atoms with Crippen molar-refractivity contribution in [1.29, 1.82) is 0 Å². The summed E-state index contributed by atoms with van der Waals surface area (Å²) >= 11 is 0. The Balaban J connectivity index is 1.15. The van der Waals surface area contributed by atoms with E-state index in [-0.39, 0.29) is 0 Å². The van der Waals surface area contributed by atoms with E-state index in [1.54, 1.807) is 0 Å². The predicted molar refractivity (Wildman–Crippen MR) is 241 cm³/mol. The summed E-state index contributed by atoms with van der Waals surface area (Å²) in [5.74, 6) is 0. The number of nitrogens with zero attached hydrogens (tertiary/aromatic N) is 3. The lowest BCUT2D eigenvalue weighted by Crippen LogP contribution is -2.10. The van der Waals surface area contributed by atoms with Gasteiger partial charge in [0.25, 0.3) is 0 Å². The Morgan fingerprint density at radius 1 is 0.281 bits per heavy atom. The van der Waals surface area contributed by atoms with Crippen molar-refractivity contribution in [1.82, 2.24) is 9.13 Å². The van der Waals surface area contributed by atoms with Crippen molar-refractivity contribution >= 4 is 60.7 Å². The molecule has 0 N–H and O–H groups in total. The average molecular weight is 728 g/mol. The molecule has 9 aromatic carbocycles. The minimum absolute atomic E-state index is 1.09. The summed E-state index contributed by atoms with van der Waals surface area (Å²) in [5.41, 5.74) is 15.1. The Hall–Kier alpha value is -7.62. The summed E-state index contributed by atoms with van der Waals surface area (Å²) in [6.45, 7) is 0. The molecule has 11 rings (SSSR count). The maximum Gasteiger partial charge on any atom is 0.0562 e. The van der Waals surface area contributed by atoms with E-state index in [9.17, 15) is 0 Å². The molecule has 0 atom stereocenters. The minimum Gasteiger partial charge on any atom is -0.310 e. The molecule has 0 amide bonds. The third-order valence-corrected chi connectivity index (χ3v) is 11.3. The largest absolute Gasteiger partial charge is 0.310 e. The number of rotatable bonds is 7. The second-order valence-electron chi connectivity index (χ2n) is 14.6. The Morgan fingerprint density at radius 3 is 1.44 bits per heavy atom. The van der Waals surface area contributed by atoms with Crippen LogP contribution in [0, 0.1) is 0 Å². The zero-order valence-corrected chi connectivity index (χ0v) is 31.2. The first-order chi connectivity index (χ1) is 28.3. The highest BCUT2D eigenvalue weighted by Gasteiger charge is 2.22. The number of anilines is 3. The van der Waals surface area contributed by atoms with Crippen LogP contribution in [-0.4, -0.2) is 9.13 Å². The van der Waals surface area contributed by atoms with Gasteiger partial charge in [-0.05, 0) is 101 Å². The normalized spacial score (nSPS) is 11.5. The summed E-state index contributed by atoms with van der Waals surface area (Å²) in [5, 5.41) is 4.89. The molecular formula is C54H37N3. The molecule has 0 aliphatic rings. The highest BCUT2D eigenvalue weighted by Crippen LogP contribution is 2.45. The average Bonchev–Trinajstić information content (AvgIpc) is 3.81. The lowest BCUT2D eigenvalue weighted by molar-refractivity contribution is 1.17. The summed E-state index contributed by atoms with van der Waals surface area (Å²) in [4.78, 5) is 2.45. The maximum atomic E-state index is 2.45. The van der Waals surface area contributed by atoms with E-state index in [0.29, 0.717) is 0 Å². The van der Waals surface area contributed by atoms with E-state index >= 15 is 0 Å². The van der Waals surface area contributed by atoms with Crippen molar-refractivity contribution in [3.05, 3.63) is 224 Å². The lowest BCUT2D eigenvalue weighted by Gasteiger charge is -2.27. The number of aromatic nitrogens is 2. The van der Waals surface area contributed by atoms with Crippen LogP contribution in [0.5, 0.6) is 0 Å². The van der Waals surface area contributed by atoms with E-state index in [2.05, 4.69) is 238 Å². The summed E-state index contributed by atoms with van der Waals surface area (Å²) in [6, 6.07) is 81.1. The molecule has 0 fully saturated rings. The molecule has 0 saturated carbocycles. The molecule has 11 aromatic rings. The SMILES string of the molecule is c1ccc(-c2cccc(-c3ccc(N(c4ccc5c6ccccc6n(-c6ccccc6)c5c4)c4cccc5c4c4ccccc4n5-c4ccccc4)cc3)c2)cc1. The number of hydrogen-bond donors (Lipinski definition) is 0. The Bertz CT molecular complexity index is 3210. The molecule has 268 valence electrons. The van der Waals surface area contributed by atoms with Crippen molar-refractivity contribution in [2.75, 3.05) is 4.90 Å². The quantitative estimate of drug-likeness (QED) is 0.159. The van der Waals surface area contributed by atoms with Crippen molar-refractivity contribution in [3.63, 3.8) is 0 Å². The topological polar surface area (TPSA) is 13.1 Å². The van der Waals surface area contributed by atoms with Crippen LogP contribution in [0.4, 0.5) is 17.1 Å². The molecule has 0 aliphatic heterocycles. The van der Waals surface area contributed by atoms with E-state index in [4.69, 9.17) is 0 Å². The first-order valence-corrected chi connectivity index (χ1v) is 19.5. The van der Waals surface area contributed by atoms with Gasteiger partial charge in [0.1, 0.15) is 0 Å². The van der Waals surface area contributed by atoms with Gasteiger partial charge in [0.05, 0.1) is 27.8 Å². The molecule has 0 radical (unpaired) electrons. The number of para-hydroxylation sites is 4. The molecular weight excluding hydrogens is 691 g/mol. The molecule has 0 bridgehead atoms. The number of benzene rings is 9. The predicted octanol–water partition coefficient (Wildman–Crippen LogP) is 14.7. The first-order valence-electron chi connectivity index (χ1n) is 19.5. The van der Waals surface area contributed by atoms with Gasteiger partial charge < -0.3 is 14.0 Å². The Morgan fingerprint density at radius 2 is 0.754 bits per heavy atom. The zero-order chi connectivity index (χ0) is 37.7. The van der Waals surface area contributed by atoms with Crippen LogP contribution >= 0.6 is 0 Å². The van der Waals surface area contributed by atoms with Crippen molar-refractivity contribution < 1.29 is 0 Å². The van der Waals surface area contributed by atoms with Crippen molar-refractivity contribution in [2.24, 2.45) is 0 Å². The molecule has 0 unspecified atom stereocenters. The van der Waals surface area contributed by atoms with Crippen molar-refractivity contribution in [2.45, 2.75) is 0 Å². The fraction of sp³-hybridized carbons (Fsp3) is 0. The second-order valence-corrected chi connectivity index (χ2v) is 14.6. The molecule has 2 heterocycles. The maximum absolute atomic E-state index is 2.45. The Kier molecular flexibility index (Phi) is 7.82. The summed E-state index contributed by atoms with van der Waals surface area (Å²) < 4.78 is 4.79. The minimum atomic E-state index is 1.09. The molecule has 3 heteroatoms. The molecule has 57 heavy (non-hydrogen) atoms. The summed E-state index contributed by atoms with van der Waals surface area (Å²) in [6.07, 6.45) is 0. The molecule has 0 aliphatic carbocycles. The lowest BCUT2D eigenvalue weighted by atomic mass is 9.99. The Labute approximate surface area is 331 Å². The number of hydrogen-bond acceptors (Lipinski definition) is 1. The smallest absolute Gasteiger partial charge is 0.0562 e. The first kappa shape index (κ1) is 32.8. The fourth-order valence-corrected chi connectivity index (χ4v) is 8.73. The van der Waals surface area contributed by atoms with Gasteiger partial charge >= 0.3 is 0 Å². The number of fused-ring (bicyclic) bond motifs is 6. The fourth-order valence-electron chi connectivity index (χ4n) is 8.73. The van der Waals surface area contributed by atoms with Crippen LogP contribution in [0.1, 0.15) is 0 Å². The third-order valence-electron chi connectivity index (χ3n) is 11.3. The van der Waals surface area contributed by atoms with Crippen LogP contribution in [0.25, 0.3) is 77.2 Å². The van der Waals surface area contributed by atoms with Gasteiger partial charge in [-0.1, -0.05) is 146 Å². The summed E-state index contributed by atoms with van der Waals surface area (Å²) in [7, 11) is 0. The van der Waals surface area contributed by atoms with Gasteiger partial charge in [-0.25, -0.2) is 0 Å². The van der Waals surface area contributed by atoms with E-state index in [1.165, 1.54) is 60.3 Å². The highest BCUT2D eigenvalue weighted by atomic mass is 15.2. The van der Waals surface area contributed by atoms with Crippen molar-refractivity contribution in [3.8, 4) is 33.6 Å². The standard InChI is InChI=1S/C54H37N3/c1-4-16-38(17-5-1)40-18-14-19-41(36-40)39-30-32-44(33-31-39)55(45-34-35-47-46-24-10-12-26-49(46)57(53(47)37-45)43-22-8-3-9-23-43)51-28-15-29-52-54(51)48-25-11-13-27-50(48)56(52)42-20-6-2-7-21-42/h1-37H. The van der Waals surface area contributed by atoms with Gasteiger partial charge in [0.2, 0.25) is 0 Å². The van der Waals surface area contributed by atoms with E-state index in [0.717, 1.165) is 34.0 Å². The van der Waals surface area contributed by atoms with E-state index < -0.39 is 0 Å².